The molecule has 17 heavy (non-hydrogen) atoms. The molecule has 1 aliphatic carbocycles. The Kier molecular flexibility index (Phi) is 2.40. The fraction of sp³-hybridized carbons (Fsp3) is 0.417. The van der Waals surface area contributed by atoms with E-state index in [0.717, 1.165) is 24.1 Å². The molecular weight excluding hydrogens is 214 g/mol. The minimum absolute atomic E-state index is 0.273. The van der Waals surface area contributed by atoms with Gasteiger partial charge in [0.15, 0.2) is 0 Å². The highest BCUT2D eigenvalue weighted by molar-refractivity contribution is 5.74. The third-order valence-corrected chi connectivity index (χ3v) is 3.37. The molecule has 0 aliphatic heterocycles. The van der Waals surface area contributed by atoms with Crippen LogP contribution in [0.4, 0.5) is 5.95 Å². The Morgan fingerprint density at radius 3 is 2.65 bits per heavy atom. The van der Waals surface area contributed by atoms with Gasteiger partial charge < -0.3 is 11.1 Å². The molecule has 5 heteroatoms. The van der Waals surface area contributed by atoms with Crippen LogP contribution in [0.5, 0.6) is 0 Å². The first kappa shape index (κ1) is 10.4. The van der Waals surface area contributed by atoms with Crippen LogP contribution in [-0.2, 0) is 0 Å². The van der Waals surface area contributed by atoms with Crippen molar-refractivity contribution in [3.8, 4) is 0 Å². The van der Waals surface area contributed by atoms with Gasteiger partial charge >= 0.3 is 0 Å². The molecular formula is C12H15N5. The molecule has 0 amide bonds. The molecule has 3 rings (SSSR count). The Morgan fingerprint density at radius 2 is 1.94 bits per heavy atom. The van der Waals surface area contributed by atoms with Crippen molar-refractivity contribution in [1.29, 1.82) is 0 Å². The highest BCUT2D eigenvalue weighted by Gasteiger charge is 2.40. The second-order valence-corrected chi connectivity index (χ2v) is 4.68. The zero-order valence-electron chi connectivity index (χ0n) is 9.56. The summed E-state index contributed by atoms with van der Waals surface area (Å²) in [5.41, 5.74) is 7.68. The third-order valence-electron chi connectivity index (χ3n) is 3.37. The topological polar surface area (TPSA) is 76.7 Å². The molecule has 88 valence electrons. The second kappa shape index (κ2) is 3.92. The van der Waals surface area contributed by atoms with Crippen molar-refractivity contribution in [2.45, 2.75) is 12.8 Å². The van der Waals surface area contributed by atoms with Gasteiger partial charge in [0.1, 0.15) is 5.52 Å². The normalized spacial score (nSPS) is 17.0. The SMILES string of the molecule is NCC1(CNc2nnc3ccccc3n2)CC1. The maximum absolute atomic E-state index is 5.73. The number of nitrogens with one attached hydrogen (secondary N) is 1. The molecule has 2 aromatic rings. The zero-order chi connectivity index (χ0) is 11.7. The number of aromatic nitrogens is 3. The van der Waals surface area contributed by atoms with Crippen molar-refractivity contribution in [1.82, 2.24) is 15.2 Å². The van der Waals surface area contributed by atoms with Crippen molar-refractivity contribution < 1.29 is 0 Å². The molecule has 1 aromatic heterocycles. The third kappa shape index (κ3) is 2.06. The Labute approximate surface area is 99.4 Å². The van der Waals surface area contributed by atoms with Crippen molar-refractivity contribution in [2.75, 3.05) is 18.4 Å². The van der Waals surface area contributed by atoms with Gasteiger partial charge in [-0.25, -0.2) is 4.98 Å². The molecule has 1 heterocycles. The number of nitrogens with two attached hydrogens (primary N) is 1. The van der Waals surface area contributed by atoms with E-state index in [2.05, 4.69) is 20.5 Å². The molecule has 0 radical (unpaired) electrons. The molecule has 1 aliphatic rings. The van der Waals surface area contributed by atoms with Gasteiger partial charge in [-0.2, -0.15) is 0 Å². The smallest absolute Gasteiger partial charge is 0.243 e. The summed E-state index contributed by atoms with van der Waals surface area (Å²) in [6, 6.07) is 7.72. The van der Waals surface area contributed by atoms with E-state index in [-0.39, 0.29) is 5.41 Å². The summed E-state index contributed by atoms with van der Waals surface area (Å²) in [5, 5.41) is 11.4. The van der Waals surface area contributed by atoms with Crippen LogP contribution in [0, 0.1) is 5.41 Å². The fourth-order valence-electron chi connectivity index (χ4n) is 1.85. The van der Waals surface area contributed by atoms with Crippen LogP contribution >= 0.6 is 0 Å². The summed E-state index contributed by atoms with van der Waals surface area (Å²) >= 11 is 0. The maximum Gasteiger partial charge on any atom is 0.243 e. The van der Waals surface area contributed by atoms with Gasteiger partial charge in [0.25, 0.3) is 0 Å². The summed E-state index contributed by atoms with van der Waals surface area (Å²) in [5.74, 6) is 0.587. The van der Waals surface area contributed by atoms with E-state index >= 15 is 0 Å². The lowest BCUT2D eigenvalue weighted by Crippen LogP contribution is -2.25. The van der Waals surface area contributed by atoms with Crippen LogP contribution in [0.2, 0.25) is 0 Å². The summed E-state index contributed by atoms with van der Waals surface area (Å²) in [6.45, 7) is 1.56. The Hall–Kier alpha value is -1.75. The summed E-state index contributed by atoms with van der Waals surface area (Å²) < 4.78 is 0. The van der Waals surface area contributed by atoms with Crippen molar-refractivity contribution in [2.24, 2.45) is 11.1 Å². The van der Waals surface area contributed by atoms with E-state index in [4.69, 9.17) is 5.73 Å². The van der Waals surface area contributed by atoms with Crippen molar-refractivity contribution >= 4 is 17.0 Å². The highest BCUT2D eigenvalue weighted by atomic mass is 15.2. The lowest BCUT2D eigenvalue weighted by Gasteiger charge is -2.12. The summed E-state index contributed by atoms with van der Waals surface area (Å²) in [7, 11) is 0. The van der Waals surface area contributed by atoms with Gasteiger partial charge in [0.05, 0.1) is 5.52 Å². The number of rotatable bonds is 4. The average molecular weight is 229 g/mol. The largest absolute Gasteiger partial charge is 0.352 e. The number of nitrogens with zero attached hydrogens (tertiary/aromatic N) is 3. The lowest BCUT2D eigenvalue weighted by atomic mass is 10.1. The molecule has 1 aromatic carbocycles. The number of anilines is 1. The van der Waals surface area contributed by atoms with E-state index in [0.29, 0.717) is 5.95 Å². The van der Waals surface area contributed by atoms with E-state index in [9.17, 15) is 0 Å². The summed E-state index contributed by atoms with van der Waals surface area (Å²) in [6.07, 6.45) is 2.38. The van der Waals surface area contributed by atoms with E-state index in [1.165, 1.54) is 12.8 Å². The first-order valence-corrected chi connectivity index (χ1v) is 5.85. The van der Waals surface area contributed by atoms with E-state index in [1.807, 2.05) is 24.3 Å². The monoisotopic (exact) mass is 229 g/mol. The average Bonchev–Trinajstić information content (AvgIpc) is 3.17. The standard InChI is InChI=1S/C12H15N5/c13-7-12(5-6-12)8-14-11-15-9-3-1-2-4-10(9)16-17-11/h1-4H,5-8,13H2,(H,14,15,17). The van der Waals surface area contributed by atoms with Crippen molar-refractivity contribution in [3.05, 3.63) is 24.3 Å². The number of hydrogen-bond acceptors (Lipinski definition) is 5. The summed E-state index contributed by atoms with van der Waals surface area (Å²) in [4.78, 5) is 4.41. The van der Waals surface area contributed by atoms with Gasteiger partial charge in [-0.05, 0) is 31.5 Å². The first-order valence-electron chi connectivity index (χ1n) is 5.85. The van der Waals surface area contributed by atoms with Crippen LogP contribution in [-0.4, -0.2) is 28.3 Å². The van der Waals surface area contributed by atoms with Crippen LogP contribution in [0.15, 0.2) is 24.3 Å². The second-order valence-electron chi connectivity index (χ2n) is 4.68. The fourth-order valence-corrected chi connectivity index (χ4v) is 1.85. The predicted molar refractivity (Wildman–Crippen MR) is 66.5 cm³/mol. The quantitative estimate of drug-likeness (QED) is 0.823. The number of para-hydroxylation sites is 1. The lowest BCUT2D eigenvalue weighted by molar-refractivity contribution is 0.553. The van der Waals surface area contributed by atoms with Crippen LogP contribution in [0.3, 0.4) is 0 Å². The Balaban J connectivity index is 1.77. The minimum Gasteiger partial charge on any atom is -0.352 e. The predicted octanol–water partition coefficient (Wildman–Crippen LogP) is 1.18. The van der Waals surface area contributed by atoms with Crippen LogP contribution in [0.1, 0.15) is 12.8 Å². The first-order chi connectivity index (χ1) is 8.31. The molecule has 1 fully saturated rings. The van der Waals surface area contributed by atoms with E-state index in [1.54, 1.807) is 0 Å². The van der Waals surface area contributed by atoms with Crippen molar-refractivity contribution in [3.63, 3.8) is 0 Å². The minimum atomic E-state index is 0.273. The van der Waals surface area contributed by atoms with Crippen LogP contribution in [0.25, 0.3) is 11.0 Å². The molecule has 3 N–H and O–H groups in total. The molecule has 0 bridgehead atoms. The Bertz CT molecular complexity index is 535. The van der Waals surface area contributed by atoms with Gasteiger partial charge in [-0.3, -0.25) is 0 Å². The van der Waals surface area contributed by atoms with Gasteiger partial charge in [0.2, 0.25) is 5.95 Å². The van der Waals surface area contributed by atoms with Gasteiger partial charge in [0, 0.05) is 12.0 Å². The number of hydrogen-bond donors (Lipinski definition) is 2. The molecule has 0 atom stereocenters. The van der Waals surface area contributed by atoms with Gasteiger partial charge in [-0.15, -0.1) is 10.2 Å². The molecule has 0 saturated heterocycles. The molecule has 5 nitrogen and oxygen atoms in total. The molecule has 0 spiro atoms. The zero-order valence-corrected chi connectivity index (χ0v) is 9.56. The molecule has 1 saturated carbocycles. The van der Waals surface area contributed by atoms with E-state index < -0.39 is 0 Å². The number of benzene rings is 1. The molecule has 0 unspecified atom stereocenters. The van der Waals surface area contributed by atoms with Crippen LogP contribution < -0.4 is 11.1 Å². The maximum atomic E-state index is 5.73. The highest BCUT2D eigenvalue weighted by Crippen LogP contribution is 2.44. The van der Waals surface area contributed by atoms with Gasteiger partial charge in [-0.1, -0.05) is 12.1 Å². The number of fused-ring (bicyclic) bond motifs is 1. The Morgan fingerprint density at radius 1 is 1.18 bits per heavy atom.